The van der Waals surface area contributed by atoms with Gasteiger partial charge in [0.2, 0.25) is 0 Å². The number of ether oxygens (including phenoxy) is 3. The van der Waals surface area contributed by atoms with Gasteiger partial charge in [-0.2, -0.15) is 0 Å². The molecule has 2 N–H and O–H groups in total. The number of benzene rings is 2. The van der Waals surface area contributed by atoms with E-state index in [4.69, 9.17) is 14.2 Å². The minimum Gasteiger partial charge on any atom is -0.497 e. The monoisotopic (exact) mass is 382 g/mol. The first kappa shape index (κ1) is 19.3. The van der Waals surface area contributed by atoms with E-state index in [-0.39, 0.29) is 11.5 Å². The van der Waals surface area contributed by atoms with Crippen LogP contribution in [0.5, 0.6) is 17.2 Å². The minimum atomic E-state index is -0.250. The molecule has 0 fully saturated rings. The number of methoxy groups -OCH3 is 3. The Morgan fingerprint density at radius 3 is 2.46 bits per heavy atom. The van der Waals surface area contributed by atoms with Crippen molar-refractivity contribution in [1.29, 1.82) is 0 Å². The number of carbonyl (C=O) groups excluding carboxylic acids is 1. The van der Waals surface area contributed by atoms with Crippen molar-refractivity contribution in [1.82, 2.24) is 10.3 Å². The van der Waals surface area contributed by atoms with Gasteiger partial charge < -0.3 is 24.5 Å². The summed E-state index contributed by atoms with van der Waals surface area (Å²) >= 11 is 0. The van der Waals surface area contributed by atoms with E-state index < -0.39 is 0 Å². The standard InChI is InChI=1S/C21H22N2O5/c1-26-16-5-6-17-15(11-16)10-14(21(25)23-17)8-9-22-20(24)13-4-7-18(27-2)19(12-13)28-3/h4-7,10-12H,8-9H2,1-3H3,(H,22,24)(H,23,25). The number of pyridine rings is 1. The van der Waals surface area contributed by atoms with E-state index in [1.165, 1.54) is 14.2 Å². The molecule has 0 aliphatic carbocycles. The molecule has 0 spiro atoms. The SMILES string of the molecule is COc1ccc2[nH]c(=O)c(CCNC(=O)c3ccc(OC)c(OC)c3)cc2c1. The van der Waals surface area contributed by atoms with E-state index in [0.717, 1.165) is 10.9 Å². The van der Waals surface area contributed by atoms with Crippen LogP contribution < -0.4 is 25.1 Å². The smallest absolute Gasteiger partial charge is 0.251 e. The van der Waals surface area contributed by atoms with Gasteiger partial charge in [0.05, 0.1) is 21.3 Å². The van der Waals surface area contributed by atoms with Crippen molar-refractivity contribution in [3.05, 3.63) is 63.9 Å². The van der Waals surface area contributed by atoms with Crippen LogP contribution >= 0.6 is 0 Å². The zero-order chi connectivity index (χ0) is 20.1. The van der Waals surface area contributed by atoms with Crippen LogP contribution in [0, 0.1) is 0 Å². The summed E-state index contributed by atoms with van der Waals surface area (Å²) in [4.78, 5) is 27.5. The second-order valence-electron chi connectivity index (χ2n) is 6.15. The molecular formula is C21H22N2O5. The molecule has 0 saturated carbocycles. The number of aromatic nitrogens is 1. The van der Waals surface area contributed by atoms with Crippen molar-refractivity contribution in [3.8, 4) is 17.2 Å². The van der Waals surface area contributed by atoms with Gasteiger partial charge in [-0.15, -0.1) is 0 Å². The Kier molecular flexibility index (Phi) is 5.84. The molecule has 0 bridgehead atoms. The average Bonchev–Trinajstić information content (AvgIpc) is 2.73. The first-order valence-electron chi connectivity index (χ1n) is 8.76. The fourth-order valence-electron chi connectivity index (χ4n) is 2.93. The molecule has 7 nitrogen and oxygen atoms in total. The Labute approximate surface area is 162 Å². The zero-order valence-corrected chi connectivity index (χ0v) is 16.0. The molecule has 7 heteroatoms. The van der Waals surface area contributed by atoms with Crippen LogP contribution in [-0.2, 0) is 6.42 Å². The lowest BCUT2D eigenvalue weighted by molar-refractivity contribution is 0.0953. The number of hydrogen-bond donors (Lipinski definition) is 2. The first-order chi connectivity index (χ1) is 13.5. The highest BCUT2D eigenvalue weighted by Crippen LogP contribution is 2.27. The number of aromatic amines is 1. The van der Waals surface area contributed by atoms with Crippen molar-refractivity contribution in [3.63, 3.8) is 0 Å². The predicted octanol–water partition coefficient (Wildman–Crippen LogP) is 2.53. The van der Waals surface area contributed by atoms with Crippen molar-refractivity contribution >= 4 is 16.8 Å². The van der Waals surface area contributed by atoms with Gasteiger partial charge in [0, 0.05) is 28.6 Å². The van der Waals surface area contributed by atoms with Crippen LogP contribution in [0.4, 0.5) is 0 Å². The van der Waals surface area contributed by atoms with Gasteiger partial charge in [-0.05, 0) is 48.9 Å². The highest BCUT2D eigenvalue weighted by Gasteiger charge is 2.11. The first-order valence-corrected chi connectivity index (χ1v) is 8.76. The fraction of sp³-hybridized carbons (Fsp3) is 0.238. The number of amides is 1. The van der Waals surface area contributed by atoms with Crippen LogP contribution in [0.15, 0.2) is 47.3 Å². The normalized spacial score (nSPS) is 10.5. The van der Waals surface area contributed by atoms with Crippen LogP contribution in [0.3, 0.4) is 0 Å². The third-order valence-corrected chi connectivity index (χ3v) is 4.45. The molecule has 0 aliphatic rings. The molecular weight excluding hydrogens is 360 g/mol. The highest BCUT2D eigenvalue weighted by atomic mass is 16.5. The fourth-order valence-corrected chi connectivity index (χ4v) is 2.93. The summed E-state index contributed by atoms with van der Waals surface area (Å²) in [7, 11) is 4.65. The molecule has 0 unspecified atom stereocenters. The van der Waals surface area contributed by atoms with E-state index in [1.54, 1.807) is 37.4 Å². The van der Waals surface area contributed by atoms with E-state index in [2.05, 4.69) is 10.3 Å². The lowest BCUT2D eigenvalue weighted by atomic mass is 10.1. The molecule has 3 rings (SSSR count). The second kappa shape index (κ2) is 8.47. The highest BCUT2D eigenvalue weighted by molar-refractivity contribution is 5.94. The van der Waals surface area contributed by atoms with Gasteiger partial charge in [-0.3, -0.25) is 9.59 Å². The number of rotatable bonds is 7. The molecule has 146 valence electrons. The van der Waals surface area contributed by atoms with E-state index in [0.29, 0.717) is 41.3 Å². The number of carbonyl (C=O) groups is 1. The Balaban J connectivity index is 1.70. The van der Waals surface area contributed by atoms with Gasteiger partial charge in [-0.25, -0.2) is 0 Å². The third-order valence-electron chi connectivity index (χ3n) is 4.45. The van der Waals surface area contributed by atoms with Crippen molar-refractivity contribution in [2.75, 3.05) is 27.9 Å². The van der Waals surface area contributed by atoms with Crippen LogP contribution in [-0.4, -0.2) is 38.8 Å². The minimum absolute atomic E-state index is 0.168. The summed E-state index contributed by atoms with van der Waals surface area (Å²) in [5.41, 5.74) is 1.62. The van der Waals surface area contributed by atoms with Crippen molar-refractivity contribution in [2.24, 2.45) is 0 Å². The number of hydrogen-bond acceptors (Lipinski definition) is 5. The van der Waals surface area contributed by atoms with E-state index in [1.807, 2.05) is 12.1 Å². The summed E-state index contributed by atoms with van der Waals surface area (Å²) in [6.07, 6.45) is 0.404. The lowest BCUT2D eigenvalue weighted by Gasteiger charge is -2.10. The summed E-state index contributed by atoms with van der Waals surface area (Å²) in [5.74, 6) is 1.50. The van der Waals surface area contributed by atoms with Crippen molar-refractivity contribution < 1.29 is 19.0 Å². The van der Waals surface area contributed by atoms with Gasteiger partial charge in [0.15, 0.2) is 11.5 Å². The largest absolute Gasteiger partial charge is 0.497 e. The van der Waals surface area contributed by atoms with Gasteiger partial charge in [0.25, 0.3) is 11.5 Å². The maximum atomic E-state index is 12.4. The molecule has 1 aromatic heterocycles. The Hall–Kier alpha value is -3.48. The molecule has 2 aromatic carbocycles. The van der Waals surface area contributed by atoms with Gasteiger partial charge in [0.1, 0.15) is 5.75 Å². The number of fused-ring (bicyclic) bond motifs is 1. The van der Waals surface area contributed by atoms with Crippen molar-refractivity contribution in [2.45, 2.75) is 6.42 Å². The van der Waals surface area contributed by atoms with E-state index in [9.17, 15) is 9.59 Å². The second-order valence-corrected chi connectivity index (χ2v) is 6.15. The maximum absolute atomic E-state index is 12.4. The Morgan fingerprint density at radius 1 is 0.964 bits per heavy atom. The zero-order valence-electron chi connectivity index (χ0n) is 16.0. The van der Waals surface area contributed by atoms with E-state index >= 15 is 0 Å². The predicted molar refractivity (Wildman–Crippen MR) is 107 cm³/mol. The topological polar surface area (TPSA) is 89.7 Å². The van der Waals surface area contributed by atoms with Crippen LogP contribution in [0.1, 0.15) is 15.9 Å². The van der Waals surface area contributed by atoms with Gasteiger partial charge in [-0.1, -0.05) is 0 Å². The quantitative estimate of drug-likeness (QED) is 0.655. The molecule has 0 aliphatic heterocycles. The summed E-state index contributed by atoms with van der Waals surface area (Å²) < 4.78 is 15.6. The maximum Gasteiger partial charge on any atom is 0.251 e. The Bertz CT molecular complexity index is 1060. The molecule has 0 saturated heterocycles. The summed E-state index contributed by atoms with van der Waals surface area (Å²) in [6, 6.07) is 12.2. The molecule has 0 atom stereocenters. The number of H-pyrrole nitrogens is 1. The average molecular weight is 382 g/mol. The molecule has 28 heavy (non-hydrogen) atoms. The van der Waals surface area contributed by atoms with Crippen LogP contribution in [0.25, 0.3) is 10.9 Å². The summed E-state index contributed by atoms with van der Waals surface area (Å²) in [5, 5.41) is 3.70. The Morgan fingerprint density at radius 2 is 1.75 bits per heavy atom. The van der Waals surface area contributed by atoms with Gasteiger partial charge >= 0.3 is 0 Å². The lowest BCUT2D eigenvalue weighted by Crippen LogP contribution is -2.27. The molecule has 3 aromatic rings. The molecule has 1 amide bonds. The molecule has 1 heterocycles. The summed E-state index contributed by atoms with van der Waals surface area (Å²) in [6.45, 7) is 0.325. The third kappa shape index (κ3) is 4.09. The molecule has 0 radical (unpaired) electrons. The van der Waals surface area contributed by atoms with Crippen LogP contribution in [0.2, 0.25) is 0 Å². The number of nitrogens with one attached hydrogen (secondary N) is 2.